The molecule has 0 radical (unpaired) electrons. The molecular weight excluding hydrogens is 340 g/mol. The van der Waals surface area contributed by atoms with Gasteiger partial charge in [-0.25, -0.2) is 4.98 Å². The van der Waals surface area contributed by atoms with Crippen molar-refractivity contribution >= 4 is 11.7 Å². The minimum Gasteiger partial charge on any atom is -0.496 e. The normalized spacial score (nSPS) is 19.5. The van der Waals surface area contributed by atoms with E-state index in [1.165, 1.54) is 0 Å². The summed E-state index contributed by atoms with van der Waals surface area (Å²) in [6.45, 7) is 0.449. The second-order valence-corrected chi connectivity index (χ2v) is 7.05. The minimum atomic E-state index is 0.102. The molecule has 1 fully saturated rings. The van der Waals surface area contributed by atoms with E-state index in [9.17, 15) is 4.79 Å². The van der Waals surface area contributed by atoms with Gasteiger partial charge < -0.3 is 21.1 Å². The van der Waals surface area contributed by atoms with Gasteiger partial charge in [-0.3, -0.25) is 4.79 Å². The van der Waals surface area contributed by atoms with Gasteiger partial charge in [-0.2, -0.15) is 0 Å². The molecule has 1 heterocycles. The zero-order chi connectivity index (χ0) is 19.2. The number of carbonyl (C=O) groups is 1. The van der Waals surface area contributed by atoms with E-state index >= 15 is 0 Å². The van der Waals surface area contributed by atoms with Crippen LogP contribution in [0.3, 0.4) is 0 Å². The molecule has 144 valence electrons. The molecule has 0 unspecified atom stereocenters. The highest BCUT2D eigenvalue weighted by molar-refractivity contribution is 5.79. The van der Waals surface area contributed by atoms with Crippen LogP contribution in [0.1, 0.15) is 31.2 Å². The number of hydrogen-bond acceptors (Lipinski definition) is 5. The highest BCUT2D eigenvalue weighted by Crippen LogP contribution is 2.28. The molecule has 6 nitrogen and oxygen atoms in total. The van der Waals surface area contributed by atoms with Crippen molar-refractivity contribution in [3.63, 3.8) is 0 Å². The van der Waals surface area contributed by atoms with E-state index in [1.807, 2.05) is 31.3 Å². The highest BCUT2D eigenvalue weighted by Gasteiger charge is 2.25. The molecule has 1 saturated carbocycles. The summed E-state index contributed by atoms with van der Waals surface area (Å²) in [7, 11) is 3.63. The number of methoxy groups -OCH3 is 1. The van der Waals surface area contributed by atoms with Crippen LogP contribution >= 0.6 is 0 Å². The summed E-state index contributed by atoms with van der Waals surface area (Å²) in [5, 5.41) is 6.39. The number of benzene rings is 1. The molecule has 1 aromatic heterocycles. The maximum Gasteiger partial charge on any atom is 0.223 e. The van der Waals surface area contributed by atoms with Crippen molar-refractivity contribution in [2.45, 2.75) is 38.3 Å². The summed E-state index contributed by atoms with van der Waals surface area (Å²) in [5.41, 5.74) is 8.61. The summed E-state index contributed by atoms with van der Waals surface area (Å²) in [6.07, 6.45) is 5.73. The molecule has 27 heavy (non-hydrogen) atoms. The zero-order valence-corrected chi connectivity index (χ0v) is 16.0. The van der Waals surface area contributed by atoms with E-state index in [0.29, 0.717) is 18.4 Å². The average molecular weight is 368 g/mol. The SMILES string of the molecule is CNC1CCC(C(=O)NCc2cc(-c3ccc(N)nc3)ccc2OC)CC1. The fourth-order valence-corrected chi connectivity index (χ4v) is 3.64. The summed E-state index contributed by atoms with van der Waals surface area (Å²) < 4.78 is 5.47. The Balaban J connectivity index is 1.67. The number of amides is 1. The second kappa shape index (κ2) is 8.86. The van der Waals surface area contributed by atoms with Crippen LogP contribution in [-0.4, -0.2) is 31.1 Å². The largest absolute Gasteiger partial charge is 0.496 e. The minimum absolute atomic E-state index is 0.102. The van der Waals surface area contributed by atoms with Gasteiger partial charge in [0, 0.05) is 35.8 Å². The monoisotopic (exact) mass is 368 g/mol. The first-order valence-corrected chi connectivity index (χ1v) is 9.44. The van der Waals surface area contributed by atoms with Gasteiger partial charge in [0.1, 0.15) is 11.6 Å². The molecule has 0 saturated heterocycles. The number of ether oxygens (including phenoxy) is 1. The molecule has 1 amide bonds. The Morgan fingerprint density at radius 2 is 1.93 bits per heavy atom. The molecule has 0 spiro atoms. The van der Waals surface area contributed by atoms with Crippen LogP contribution in [-0.2, 0) is 11.3 Å². The number of nitrogen functional groups attached to an aromatic ring is 1. The second-order valence-electron chi connectivity index (χ2n) is 7.05. The van der Waals surface area contributed by atoms with E-state index in [-0.39, 0.29) is 11.8 Å². The Morgan fingerprint density at radius 3 is 2.56 bits per heavy atom. The molecule has 1 aliphatic carbocycles. The van der Waals surface area contributed by atoms with E-state index in [4.69, 9.17) is 10.5 Å². The van der Waals surface area contributed by atoms with Crippen LogP contribution in [0.25, 0.3) is 11.1 Å². The van der Waals surface area contributed by atoms with Gasteiger partial charge in [-0.05, 0) is 62.6 Å². The first-order valence-electron chi connectivity index (χ1n) is 9.44. The van der Waals surface area contributed by atoms with Gasteiger partial charge in [0.15, 0.2) is 0 Å². The van der Waals surface area contributed by atoms with Crippen LogP contribution in [0.5, 0.6) is 5.75 Å². The number of hydrogen-bond donors (Lipinski definition) is 3. The van der Waals surface area contributed by atoms with Crippen molar-refractivity contribution in [3.8, 4) is 16.9 Å². The van der Waals surface area contributed by atoms with Crippen molar-refractivity contribution < 1.29 is 9.53 Å². The van der Waals surface area contributed by atoms with E-state index in [1.54, 1.807) is 19.4 Å². The highest BCUT2D eigenvalue weighted by atomic mass is 16.5. The third-order valence-corrected chi connectivity index (χ3v) is 5.36. The molecule has 0 bridgehead atoms. The third-order valence-electron chi connectivity index (χ3n) is 5.36. The fraction of sp³-hybridized carbons (Fsp3) is 0.429. The van der Waals surface area contributed by atoms with Gasteiger partial charge in [0.25, 0.3) is 0 Å². The summed E-state index contributed by atoms with van der Waals surface area (Å²) in [4.78, 5) is 16.7. The Hall–Kier alpha value is -2.60. The predicted octanol–water partition coefficient (Wildman–Crippen LogP) is 2.73. The molecule has 1 aromatic carbocycles. The quantitative estimate of drug-likeness (QED) is 0.729. The topological polar surface area (TPSA) is 89.3 Å². The van der Waals surface area contributed by atoms with E-state index in [2.05, 4.69) is 15.6 Å². The number of nitrogens with two attached hydrogens (primary N) is 1. The van der Waals surface area contributed by atoms with Gasteiger partial charge >= 0.3 is 0 Å². The number of aromatic nitrogens is 1. The molecule has 2 aromatic rings. The maximum absolute atomic E-state index is 12.6. The van der Waals surface area contributed by atoms with Crippen LogP contribution in [0, 0.1) is 5.92 Å². The van der Waals surface area contributed by atoms with Crippen LogP contribution in [0.2, 0.25) is 0 Å². The average Bonchev–Trinajstić information content (AvgIpc) is 2.72. The number of pyridine rings is 1. The molecular formula is C21H28N4O2. The standard InChI is InChI=1S/C21H28N4O2/c1-23-18-7-3-14(4-8-18)21(26)25-13-17-11-15(5-9-19(17)27-2)16-6-10-20(22)24-12-16/h5-6,9-12,14,18,23H,3-4,7-8,13H2,1-2H3,(H2,22,24)(H,25,26). The third kappa shape index (κ3) is 4.77. The number of rotatable bonds is 6. The first-order chi connectivity index (χ1) is 13.1. The summed E-state index contributed by atoms with van der Waals surface area (Å²) >= 11 is 0. The number of anilines is 1. The molecule has 4 N–H and O–H groups in total. The van der Waals surface area contributed by atoms with Crippen LogP contribution < -0.4 is 21.1 Å². The number of nitrogens with zero attached hydrogens (tertiary/aromatic N) is 1. The summed E-state index contributed by atoms with van der Waals surface area (Å²) in [6, 6.07) is 10.2. The Kier molecular flexibility index (Phi) is 6.29. The lowest BCUT2D eigenvalue weighted by molar-refractivity contribution is -0.126. The van der Waals surface area contributed by atoms with Gasteiger partial charge in [0.05, 0.1) is 7.11 Å². The molecule has 0 atom stereocenters. The lowest BCUT2D eigenvalue weighted by Crippen LogP contribution is -2.37. The van der Waals surface area contributed by atoms with Crippen molar-refractivity contribution in [1.29, 1.82) is 0 Å². The van der Waals surface area contributed by atoms with E-state index in [0.717, 1.165) is 48.1 Å². The van der Waals surface area contributed by atoms with Gasteiger partial charge in [-0.1, -0.05) is 6.07 Å². The Bertz CT molecular complexity index is 768. The van der Waals surface area contributed by atoms with E-state index < -0.39 is 0 Å². The smallest absolute Gasteiger partial charge is 0.223 e. The van der Waals surface area contributed by atoms with Crippen molar-refractivity contribution in [3.05, 3.63) is 42.1 Å². The van der Waals surface area contributed by atoms with Crippen LogP contribution in [0.15, 0.2) is 36.5 Å². The summed E-state index contributed by atoms with van der Waals surface area (Å²) in [5.74, 6) is 1.49. The van der Waals surface area contributed by atoms with Crippen molar-refractivity contribution in [1.82, 2.24) is 15.6 Å². The van der Waals surface area contributed by atoms with Crippen molar-refractivity contribution in [2.75, 3.05) is 19.9 Å². The zero-order valence-electron chi connectivity index (χ0n) is 16.0. The predicted molar refractivity (Wildman–Crippen MR) is 107 cm³/mol. The number of nitrogens with one attached hydrogen (secondary N) is 2. The number of carbonyl (C=O) groups excluding carboxylic acids is 1. The molecule has 1 aliphatic rings. The lowest BCUT2D eigenvalue weighted by atomic mass is 9.85. The fourth-order valence-electron chi connectivity index (χ4n) is 3.64. The van der Waals surface area contributed by atoms with Gasteiger partial charge in [0.2, 0.25) is 5.91 Å². The Morgan fingerprint density at radius 1 is 1.19 bits per heavy atom. The molecule has 3 rings (SSSR count). The lowest BCUT2D eigenvalue weighted by Gasteiger charge is -2.27. The van der Waals surface area contributed by atoms with Gasteiger partial charge in [-0.15, -0.1) is 0 Å². The Labute approximate surface area is 160 Å². The molecule has 6 heteroatoms. The van der Waals surface area contributed by atoms with Crippen molar-refractivity contribution in [2.24, 2.45) is 5.92 Å². The first kappa shape index (κ1) is 19.2. The maximum atomic E-state index is 12.6. The molecule has 0 aliphatic heterocycles. The van der Waals surface area contributed by atoms with Crippen LogP contribution in [0.4, 0.5) is 5.82 Å².